The number of hydrogen-bond donors (Lipinski definition) is 2. The zero-order chi connectivity index (χ0) is 9.84. The van der Waals surface area contributed by atoms with Crippen molar-refractivity contribution in [3.8, 4) is 0 Å². The minimum absolute atomic E-state index is 0.750. The topological polar surface area (TPSA) is 56.9 Å². The monoisotopic (exact) mass is 185 g/mol. The van der Waals surface area contributed by atoms with Crippen LogP contribution in [0.25, 0.3) is 0 Å². The molecule has 0 aromatic carbocycles. The molecule has 0 spiro atoms. The lowest BCUT2D eigenvalue weighted by molar-refractivity contribution is 0.145. The van der Waals surface area contributed by atoms with Gasteiger partial charge in [-0.2, -0.15) is 0 Å². The van der Waals surface area contributed by atoms with E-state index in [4.69, 9.17) is 5.84 Å². The van der Waals surface area contributed by atoms with Crippen LogP contribution >= 0.6 is 0 Å². The van der Waals surface area contributed by atoms with Gasteiger partial charge in [0.1, 0.15) is 0 Å². The fourth-order valence-electron chi connectivity index (χ4n) is 1.67. The molecule has 5 heteroatoms. The maximum Gasteiger partial charge on any atom is 0.208 e. The van der Waals surface area contributed by atoms with Crippen molar-refractivity contribution >= 4 is 5.96 Å². The molecule has 76 valence electrons. The third-order valence-electron chi connectivity index (χ3n) is 2.22. The largest absolute Gasteiger partial charge is 0.341 e. The summed E-state index contributed by atoms with van der Waals surface area (Å²) in [5.74, 6) is 6.84. The van der Waals surface area contributed by atoms with Crippen LogP contribution in [0.3, 0.4) is 0 Å². The van der Waals surface area contributed by atoms with Crippen molar-refractivity contribution in [2.75, 3.05) is 40.8 Å². The van der Waals surface area contributed by atoms with Crippen molar-refractivity contribution in [1.29, 1.82) is 0 Å². The zero-order valence-corrected chi connectivity index (χ0v) is 8.62. The SMILES string of the molecule is CN=C(NN)N1CC(CN(C)C)C1. The summed E-state index contributed by atoms with van der Waals surface area (Å²) in [5.41, 5.74) is 2.59. The number of likely N-dealkylation sites (tertiary alicyclic amines) is 1. The Bertz CT molecular complexity index is 183. The van der Waals surface area contributed by atoms with Gasteiger partial charge in [0.05, 0.1) is 0 Å². The van der Waals surface area contributed by atoms with Crippen molar-refractivity contribution in [3.05, 3.63) is 0 Å². The molecule has 3 N–H and O–H groups in total. The van der Waals surface area contributed by atoms with Crippen LogP contribution in [0.5, 0.6) is 0 Å². The summed E-state index contributed by atoms with van der Waals surface area (Å²) < 4.78 is 0. The average Bonchev–Trinajstić information content (AvgIpc) is 2.01. The fraction of sp³-hybridized carbons (Fsp3) is 0.875. The van der Waals surface area contributed by atoms with Gasteiger partial charge in [-0.25, -0.2) is 5.84 Å². The van der Waals surface area contributed by atoms with E-state index >= 15 is 0 Å². The van der Waals surface area contributed by atoms with Gasteiger partial charge in [-0.15, -0.1) is 0 Å². The van der Waals surface area contributed by atoms with E-state index in [1.54, 1.807) is 7.05 Å². The Morgan fingerprint density at radius 3 is 2.62 bits per heavy atom. The Morgan fingerprint density at radius 1 is 1.62 bits per heavy atom. The van der Waals surface area contributed by atoms with Crippen molar-refractivity contribution < 1.29 is 0 Å². The summed E-state index contributed by atoms with van der Waals surface area (Å²) in [6.07, 6.45) is 0. The lowest BCUT2D eigenvalue weighted by Crippen LogP contribution is -2.58. The first kappa shape index (κ1) is 10.3. The van der Waals surface area contributed by atoms with E-state index < -0.39 is 0 Å². The second-order valence-electron chi connectivity index (χ2n) is 3.72. The molecule has 0 aromatic heterocycles. The van der Waals surface area contributed by atoms with Crippen LogP contribution in [0.4, 0.5) is 0 Å². The molecule has 0 atom stereocenters. The van der Waals surface area contributed by atoms with Crippen LogP contribution in [-0.4, -0.2) is 56.5 Å². The van der Waals surface area contributed by atoms with E-state index in [9.17, 15) is 0 Å². The van der Waals surface area contributed by atoms with E-state index in [1.165, 1.54) is 0 Å². The highest BCUT2D eigenvalue weighted by atomic mass is 15.4. The highest BCUT2D eigenvalue weighted by Gasteiger charge is 2.28. The molecule has 0 saturated carbocycles. The number of nitrogens with one attached hydrogen (secondary N) is 1. The van der Waals surface area contributed by atoms with Crippen LogP contribution in [-0.2, 0) is 0 Å². The van der Waals surface area contributed by atoms with E-state index in [2.05, 4.69) is 34.3 Å². The third-order valence-corrected chi connectivity index (χ3v) is 2.22. The Kier molecular flexibility index (Phi) is 3.50. The van der Waals surface area contributed by atoms with Gasteiger partial charge in [0, 0.05) is 32.6 Å². The minimum Gasteiger partial charge on any atom is -0.341 e. The van der Waals surface area contributed by atoms with E-state index in [1.807, 2.05) is 0 Å². The standard InChI is InChI=1S/C8H19N5/c1-10-8(11-9)13-5-7(6-13)4-12(2)3/h7H,4-6,9H2,1-3H3,(H,10,11). The minimum atomic E-state index is 0.750. The molecule has 1 rings (SSSR count). The second kappa shape index (κ2) is 4.43. The molecule has 0 bridgehead atoms. The normalized spacial score (nSPS) is 19.2. The van der Waals surface area contributed by atoms with Crippen molar-refractivity contribution in [3.63, 3.8) is 0 Å². The number of rotatable bonds is 2. The Labute approximate surface area is 79.6 Å². The van der Waals surface area contributed by atoms with Crippen molar-refractivity contribution in [2.45, 2.75) is 0 Å². The molecule has 1 heterocycles. The first-order chi connectivity index (χ1) is 6.17. The maximum absolute atomic E-state index is 5.31. The van der Waals surface area contributed by atoms with Crippen LogP contribution in [0.2, 0.25) is 0 Å². The lowest BCUT2D eigenvalue weighted by atomic mass is 10.0. The average molecular weight is 185 g/mol. The summed E-state index contributed by atoms with van der Waals surface area (Å²) >= 11 is 0. The number of hydrogen-bond acceptors (Lipinski definition) is 3. The zero-order valence-electron chi connectivity index (χ0n) is 8.62. The number of nitrogens with zero attached hydrogens (tertiary/aromatic N) is 3. The van der Waals surface area contributed by atoms with Gasteiger partial charge in [-0.3, -0.25) is 10.4 Å². The molecular weight excluding hydrogens is 166 g/mol. The number of aliphatic imine (C=N–C) groups is 1. The van der Waals surface area contributed by atoms with Crippen molar-refractivity contribution in [2.24, 2.45) is 16.8 Å². The Balaban J connectivity index is 2.25. The molecule has 0 aliphatic carbocycles. The van der Waals surface area contributed by atoms with Gasteiger partial charge < -0.3 is 9.80 Å². The summed E-state index contributed by atoms with van der Waals surface area (Å²) in [5, 5.41) is 0. The summed E-state index contributed by atoms with van der Waals surface area (Å²) in [7, 11) is 5.94. The molecule has 0 radical (unpaired) electrons. The van der Waals surface area contributed by atoms with Gasteiger partial charge in [-0.05, 0) is 14.1 Å². The van der Waals surface area contributed by atoms with Crippen LogP contribution < -0.4 is 11.3 Å². The highest BCUT2D eigenvalue weighted by molar-refractivity contribution is 5.79. The molecule has 5 nitrogen and oxygen atoms in total. The molecule has 1 fully saturated rings. The highest BCUT2D eigenvalue weighted by Crippen LogP contribution is 2.15. The maximum atomic E-state index is 5.31. The van der Waals surface area contributed by atoms with E-state index in [0.29, 0.717) is 0 Å². The molecule has 1 aliphatic rings. The Hall–Kier alpha value is -0.810. The summed E-state index contributed by atoms with van der Waals surface area (Å²) in [6, 6.07) is 0. The van der Waals surface area contributed by atoms with Crippen molar-refractivity contribution in [1.82, 2.24) is 15.2 Å². The summed E-state index contributed by atoms with van der Waals surface area (Å²) in [6.45, 7) is 3.24. The summed E-state index contributed by atoms with van der Waals surface area (Å²) in [4.78, 5) is 8.39. The predicted molar refractivity (Wildman–Crippen MR) is 54.3 cm³/mol. The van der Waals surface area contributed by atoms with E-state index in [0.717, 1.165) is 31.5 Å². The Morgan fingerprint density at radius 2 is 2.23 bits per heavy atom. The van der Waals surface area contributed by atoms with E-state index in [-0.39, 0.29) is 0 Å². The number of hydrazine groups is 1. The second-order valence-corrected chi connectivity index (χ2v) is 3.72. The first-order valence-corrected chi connectivity index (χ1v) is 4.50. The quantitative estimate of drug-likeness (QED) is 0.249. The van der Waals surface area contributed by atoms with Gasteiger partial charge >= 0.3 is 0 Å². The van der Waals surface area contributed by atoms with Crippen LogP contribution in [0.1, 0.15) is 0 Å². The van der Waals surface area contributed by atoms with Crippen LogP contribution in [0, 0.1) is 5.92 Å². The number of nitrogens with two attached hydrogens (primary N) is 1. The van der Waals surface area contributed by atoms with Gasteiger partial charge in [0.25, 0.3) is 0 Å². The van der Waals surface area contributed by atoms with Gasteiger partial charge in [-0.1, -0.05) is 0 Å². The molecule has 0 aromatic rings. The number of guanidine groups is 1. The molecule has 0 amide bonds. The molecule has 0 unspecified atom stereocenters. The fourth-order valence-corrected chi connectivity index (χ4v) is 1.67. The smallest absolute Gasteiger partial charge is 0.208 e. The molecule has 13 heavy (non-hydrogen) atoms. The first-order valence-electron chi connectivity index (χ1n) is 4.50. The molecule has 1 aliphatic heterocycles. The lowest BCUT2D eigenvalue weighted by Gasteiger charge is -2.41. The third kappa shape index (κ3) is 2.57. The van der Waals surface area contributed by atoms with Gasteiger partial charge in [0.2, 0.25) is 5.96 Å². The predicted octanol–water partition coefficient (Wildman–Crippen LogP) is -1.07. The molecular formula is C8H19N5. The van der Waals surface area contributed by atoms with Crippen LogP contribution in [0.15, 0.2) is 4.99 Å². The van der Waals surface area contributed by atoms with Gasteiger partial charge in [0.15, 0.2) is 0 Å². The molecule has 1 saturated heterocycles.